The third kappa shape index (κ3) is 5.61. The second-order valence-corrected chi connectivity index (χ2v) is 5.74. The van der Waals surface area contributed by atoms with Crippen molar-refractivity contribution in [3.8, 4) is 0 Å². The number of rotatable bonds is 6. The Kier molecular flexibility index (Phi) is 6.38. The monoisotopic (exact) mass is 364 g/mol. The van der Waals surface area contributed by atoms with Crippen LogP contribution in [0, 0.1) is 0 Å². The number of halogens is 3. The summed E-state index contributed by atoms with van der Waals surface area (Å²) >= 11 is 0. The lowest BCUT2D eigenvalue weighted by Gasteiger charge is -2.15. The number of nitrogens with one attached hydrogen (secondary N) is 2. The third-order valence-corrected chi connectivity index (χ3v) is 3.79. The average molecular weight is 364 g/mol. The zero-order chi connectivity index (χ0) is 19.2. The molecule has 0 aliphatic heterocycles. The van der Waals surface area contributed by atoms with Gasteiger partial charge in [-0.05, 0) is 36.2 Å². The lowest BCUT2D eigenvalue weighted by atomic mass is 9.95. The van der Waals surface area contributed by atoms with Crippen molar-refractivity contribution in [2.75, 3.05) is 11.9 Å². The van der Waals surface area contributed by atoms with Crippen molar-refractivity contribution in [3.63, 3.8) is 0 Å². The molecule has 4 nitrogen and oxygen atoms in total. The highest BCUT2D eigenvalue weighted by molar-refractivity contribution is 5.97. The number of carbonyl (C=O) groups excluding carboxylic acids is 2. The number of hydrogen-bond acceptors (Lipinski definition) is 2. The molecule has 2 aromatic carbocycles. The predicted octanol–water partition coefficient (Wildman–Crippen LogP) is 4.11. The van der Waals surface area contributed by atoms with Gasteiger partial charge >= 0.3 is 6.18 Å². The Morgan fingerprint density at radius 1 is 1.00 bits per heavy atom. The molecule has 0 bridgehead atoms. The largest absolute Gasteiger partial charge is 0.405 e. The minimum absolute atomic E-state index is 0.0855. The Morgan fingerprint density at radius 3 is 2.15 bits per heavy atom. The van der Waals surface area contributed by atoms with Crippen LogP contribution in [-0.2, 0) is 4.79 Å². The Bertz CT molecular complexity index is 744. The lowest BCUT2D eigenvalue weighted by molar-refractivity contribution is -0.123. The maximum Gasteiger partial charge on any atom is 0.405 e. The van der Waals surface area contributed by atoms with Crippen LogP contribution in [0.25, 0.3) is 0 Å². The van der Waals surface area contributed by atoms with Crippen molar-refractivity contribution in [1.82, 2.24) is 5.32 Å². The molecule has 138 valence electrons. The number of anilines is 1. The zero-order valence-corrected chi connectivity index (χ0v) is 14.1. The lowest BCUT2D eigenvalue weighted by Crippen LogP contribution is -2.33. The molecule has 0 saturated carbocycles. The average Bonchev–Trinajstić information content (AvgIpc) is 2.61. The Labute approximate surface area is 149 Å². The molecule has 7 heteroatoms. The van der Waals surface area contributed by atoms with Gasteiger partial charge in [-0.3, -0.25) is 9.59 Å². The van der Waals surface area contributed by atoms with Gasteiger partial charge in [-0.25, -0.2) is 0 Å². The molecule has 2 aromatic rings. The SMILES string of the molecule is CCC(C(=O)Nc1ccc(C(=O)NCC(F)(F)F)cc1)c1ccccc1. The summed E-state index contributed by atoms with van der Waals surface area (Å²) in [6.45, 7) is 0.519. The van der Waals surface area contributed by atoms with Crippen LogP contribution in [0.1, 0.15) is 35.2 Å². The molecule has 2 rings (SSSR count). The van der Waals surface area contributed by atoms with Crippen LogP contribution in [0.2, 0.25) is 0 Å². The van der Waals surface area contributed by atoms with Crippen molar-refractivity contribution in [2.45, 2.75) is 25.4 Å². The van der Waals surface area contributed by atoms with E-state index < -0.39 is 18.6 Å². The van der Waals surface area contributed by atoms with Crippen LogP contribution in [0.3, 0.4) is 0 Å². The number of benzene rings is 2. The molecule has 2 N–H and O–H groups in total. The van der Waals surface area contributed by atoms with Crippen LogP contribution >= 0.6 is 0 Å². The van der Waals surface area contributed by atoms with Crippen LogP contribution < -0.4 is 10.6 Å². The normalized spacial score (nSPS) is 12.3. The third-order valence-electron chi connectivity index (χ3n) is 3.79. The van der Waals surface area contributed by atoms with E-state index in [1.807, 2.05) is 37.3 Å². The first-order valence-corrected chi connectivity index (χ1v) is 8.11. The summed E-state index contributed by atoms with van der Waals surface area (Å²) in [5.41, 5.74) is 1.45. The fourth-order valence-electron chi connectivity index (χ4n) is 2.47. The number of alkyl halides is 3. The Balaban J connectivity index is 2.00. The molecule has 0 aliphatic carbocycles. The summed E-state index contributed by atoms with van der Waals surface area (Å²) < 4.78 is 36.4. The van der Waals surface area contributed by atoms with Crippen LogP contribution in [0.15, 0.2) is 54.6 Å². The summed E-state index contributed by atoms with van der Waals surface area (Å²) in [5.74, 6) is -1.32. The second kappa shape index (κ2) is 8.51. The highest BCUT2D eigenvalue weighted by Gasteiger charge is 2.27. The standard InChI is InChI=1S/C19H19F3N2O2/c1-2-16(13-6-4-3-5-7-13)18(26)24-15-10-8-14(9-11-15)17(25)23-12-19(20,21)22/h3-11,16H,2,12H2,1H3,(H,23,25)(H,24,26). The van der Waals surface area contributed by atoms with E-state index >= 15 is 0 Å². The molecular formula is C19H19F3N2O2. The highest BCUT2D eigenvalue weighted by Crippen LogP contribution is 2.22. The summed E-state index contributed by atoms with van der Waals surface area (Å²) in [7, 11) is 0. The van der Waals surface area contributed by atoms with Gasteiger partial charge in [0.05, 0.1) is 5.92 Å². The van der Waals surface area contributed by atoms with Gasteiger partial charge in [0.1, 0.15) is 6.54 Å². The van der Waals surface area contributed by atoms with Crippen molar-refractivity contribution in [2.24, 2.45) is 0 Å². The van der Waals surface area contributed by atoms with E-state index in [-0.39, 0.29) is 17.4 Å². The summed E-state index contributed by atoms with van der Waals surface area (Å²) in [4.78, 5) is 24.1. The quantitative estimate of drug-likeness (QED) is 0.810. The molecule has 1 atom stereocenters. The van der Waals surface area contributed by atoms with E-state index in [1.165, 1.54) is 24.3 Å². The fourth-order valence-corrected chi connectivity index (χ4v) is 2.47. The number of hydrogen-bond donors (Lipinski definition) is 2. The minimum Gasteiger partial charge on any atom is -0.343 e. The molecule has 0 fully saturated rings. The van der Waals surface area contributed by atoms with Gasteiger partial charge in [0.25, 0.3) is 5.91 Å². The molecule has 0 saturated heterocycles. The summed E-state index contributed by atoms with van der Waals surface area (Å²) in [5, 5.41) is 4.56. The Hall–Kier alpha value is -2.83. The molecule has 0 aliphatic rings. The predicted molar refractivity (Wildman–Crippen MR) is 92.9 cm³/mol. The second-order valence-electron chi connectivity index (χ2n) is 5.74. The number of amides is 2. The van der Waals surface area contributed by atoms with Gasteiger partial charge in [0.2, 0.25) is 5.91 Å². The van der Waals surface area contributed by atoms with Crippen molar-refractivity contribution >= 4 is 17.5 Å². The van der Waals surface area contributed by atoms with Crippen molar-refractivity contribution in [3.05, 3.63) is 65.7 Å². The molecule has 0 radical (unpaired) electrons. The topological polar surface area (TPSA) is 58.2 Å². The van der Waals surface area contributed by atoms with Gasteiger partial charge in [-0.15, -0.1) is 0 Å². The maximum absolute atomic E-state index is 12.5. The van der Waals surface area contributed by atoms with E-state index in [0.717, 1.165) is 5.56 Å². The van der Waals surface area contributed by atoms with E-state index in [0.29, 0.717) is 12.1 Å². The van der Waals surface area contributed by atoms with Gasteiger partial charge in [0, 0.05) is 11.3 Å². The highest BCUT2D eigenvalue weighted by atomic mass is 19.4. The number of carbonyl (C=O) groups is 2. The van der Waals surface area contributed by atoms with Gasteiger partial charge in [0.15, 0.2) is 0 Å². The van der Waals surface area contributed by atoms with Crippen molar-refractivity contribution < 1.29 is 22.8 Å². The van der Waals surface area contributed by atoms with E-state index in [4.69, 9.17) is 0 Å². The van der Waals surface area contributed by atoms with Gasteiger partial charge in [-0.2, -0.15) is 13.2 Å². The molecule has 0 aromatic heterocycles. The zero-order valence-electron chi connectivity index (χ0n) is 14.1. The molecule has 0 spiro atoms. The van der Waals surface area contributed by atoms with Crippen LogP contribution in [0.5, 0.6) is 0 Å². The smallest absolute Gasteiger partial charge is 0.343 e. The van der Waals surface area contributed by atoms with Gasteiger partial charge < -0.3 is 10.6 Å². The van der Waals surface area contributed by atoms with Crippen LogP contribution in [0.4, 0.5) is 18.9 Å². The van der Waals surface area contributed by atoms with Crippen LogP contribution in [-0.4, -0.2) is 24.5 Å². The first-order chi connectivity index (χ1) is 12.3. The summed E-state index contributed by atoms with van der Waals surface area (Å²) in [6.07, 6.45) is -3.84. The van der Waals surface area contributed by atoms with E-state index in [2.05, 4.69) is 5.32 Å². The van der Waals surface area contributed by atoms with E-state index in [1.54, 1.807) is 5.32 Å². The molecule has 2 amide bonds. The first-order valence-electron chi connectivity index (χ1n) is 8.11. The van der Waals surface area contributed by atoms with Crippen molar-refractivity contribution in [1.29, 1.82) is 0 Å². The van der Waals surface area contributed by atoms with E-state index in [9.17, 15) is 22.8 Å². The molecule has 0 heterocycles. The van der Waals surface area contributed by atoms with Gasteiger partial charge in [-0.1, -0.05) is 37.3 Å². The Morgan fingerprint density at radius 2 is 1.62 bits per heavy atom. The first kappa shape index (κ1) is 19.5. The molecular weight excluding hydrogens is 345 g/mol. The molecule has 26 heavy (non-hydrogen) atoms. The maximum atomic E-state index is 12.5. The minimum atomic E-state index is -4.46. The molecule has 1 unspecified atom stereocenters. The summed E-state index contributed by atoms with van der Waals surface area (Å²) in [6, 6.07) is 15.0. The fraction of sp³-hybridized carbons (Fsp3) is 0.263.